The van der Waals surface area contributed by atoms with Crippen LogP contribution in [0.25, 0.3) is 0 Å². The van der Waals surface area contributed by atoms with Gasteiger partial charge < -0.3 is 19.5 Å². The van der Waals surface area contributed by atoms with Gasteiger partial charge in [0.25, 0.3) is 5.91 Å². The number of ether oxygens (including phenoxy) is 3. The van der Waals surface area contributed by atoms with Gasteiger partial charge in [0, 0.05) is 11.1 Å². The number of halogens is 1. The largest absolute Gasteiger partial charge is 0.497 e. The quantitative estimate of drug-likeness (QED) is 0.690. The average Bonchev–Trinajstić information content (AvgIpc) is 2.64. The van der Waals surface area contributed by atoms with Gasteiger partial charge in [-0.15, -0.1) is 0 Å². The topological polar surface area (TPSA) is 56.8 Å². The summed E-state index contributed by atoms with van der Waals surface area (Å²) in [6.07, 6.45) is -0.0104. The van der Waals surface area contributed by atoms with Crippen molar-refractivity contribution in [3.05, 3.63) is 53.6 Å². The number of methoxy groups -OCH3 is 1. The lowest BCUT2D eigenvalue weighted by Crippen LogP contribution is -2.39. The van der Waals surface area contributed by atoms with Crippen LogP contribution < -0.4 is 19.5 Å². The van der Waals surface area contributed by atoms with E-state index in [9.17, 15) is 4.79 Å². The Morgan fingerprint density at radius 1 is 1.12 bits per heavy atom. The predicted molar refractivity (Wildman–Crippen MR) is 97.7 cm³/mol. The number of carbonyl (C=O) groups excluding carboxylic acids is 1. The van der Waals surface area contributed by atoms with E-state index >= 15 is 0 Å². The van der Waals surface area contributed by atoms with Crippen LogP contribution in [0, 0.1) is 0 Å². The van der Waals surface area contributed by atoms with E-state index in [2.05, 4.69) is 5.32 Å². The van der Waals surface area contributed by atoms with Gasteiger partial charge in [0.05, 0.1) is 13.7 Å². The Kier molecular flexibility index (Phi) is 7.41. The maximum Gasteiger partial charge on any atom is 0.261 e. The van der Waals surface area contributed by atoms with Crippen LogP contribution in [-0.2, 0) is 4.79 Å². The fourth-order valence-corrected chi connectivity index (χ4v) is 2.27. The summed E-state index contributed by atoms with van der Waals surface area (Å²) in [5, 5.41) is 3.47. The molecule has 5 nitrogen and oxygen atoms in total. The molecule has 1 amide bonds. The molecule has 0 saturated heterocycles. The molecule has 0 heterocycles. The van der Waals surface area contributed by atoms with E-state index < -0.39 is 6.10 Å². The van der Waals surface area contributed by atoms with E-state index in [0.29, 0.717) is 41.8 Å². The standard InChI is InChI=1S/C19H22ClNO4/c1-3-18(25-17-6-4-5-16(13-17)23-2)19(22)21-11-12-24-15-9-7-14(20)8-10-15/h4-10,13,18H,3,11-12H2,1-2H3,(H,21,22)/t18-/m0/s1. The van der Waals surface area contributed by atoms with E-state index in [1.165, 1.54) is 0 Å². The maximum atomic E-state index is 12.2. The van der Waals surface area contributed by atoms with Gasteiger partial charge in [-0.3, -0.25) is 4.79 Å². The summed E-state index contributed by atoms with van der Waals surface area (Å²) >= 11 is 5.82. The predicted octanol–water partition coefficient (Wildman–Crippen LogP) is 3.70. The molecule has 0 aliphatic heterocycles. The first-order valence-electron chi connectivity index (χ1n) is 8.09. The highest BCUT2D eigenvalue weighted by atomic mass is 35.5. The summed E-state index contributed by atoms with van der Waals surface area (Å²) in [5.41, 5.74) is 0. The molecule has 6 heteroatoms. The van der Waals surface area contributed by atoms with E-state index in [1.54, 1.807) is 43.5 Å². The van der Waals surface area contributed by atoms with E-state index in [1.807, 2.05) is 19.1 Å². The van der Waals surface area contributed by atoms with Crippen LogP contribution in [0.5, 0.6) is 17.2 Å². The van der Waals surface area contributed by atoms with Crippen molar-refractivity contribution < 1.29 is 19.0 Å². The maximum absolute atomic E-state index is 12.2. The molecule has 0 aromatic heterocycles. The molecule has 2 rings (SSSR count). The van der Waals surface area contributed by atoms with Gasteiger partial charge in [-0.05, 0) is 42.8 Å². The van der Waals surface area contributed by atoms with Crippen molar-refractivity contribution in [1.29, 1.82) is 0 Å². The normalized spacial score (nSPS) is 11.5. The summed E-state index contributed by atoms with van der Waals surface area (Å²) in [5.74, 6) is 1.81. The lowest BCUT2D eigenvalue weighted by molar-refractivity contribution is -0.128. The molecule has 0 radical (unpaired) electrons. The number of amides is 1. The highest BCUT2D eigenvalue weighted by Gasteiger charge is 2.18. The van der Waals surface area contributed by atoms with Gasteiger partial charge in [0.2, 0.25) is 0 Å². The molecule has 0 spiro atoms. The Bertz CT molecular complexity index is 675. The molecule has 0 saturated carbocycles. The molecular weight excluding hydrogens is 342 g/mol. The van der Waals surface area contributed by atoms with Crippen molar-refractivity contribution in [3.63, 3.8) is 0 Å². The van der Waals surface area contributed by atoms with Gasteiger partial charge in [-0.25, -0.2) is 0 Å². The first kappa shape index (κ1) is 18.9. The molecule has 0 aliphatic carbocycles. The zero-order valence-electron chi connectivity index (χ0n) is 14.3. The SMILES string of the molecule is CC[C@H](Oc1cccc(OC)c1)C(=O)NCCOc1ccc(Cl)cc1. The van der Waals surface area contributed by atoms with Gasteiger partial charge in [-0.2, -0.15) is 0 Å². The Morgan fingerprint density at radius 2 is 1.84 bits per heavy atom. The average molecular weight is 364 g/mol. The first-order chi connectivity index (χ1) is 12.1. The first-order valence-corrected chi connectivity index (χ1v) is 8.47. The monoisotopic (exact) mass is 363 g/mol. The summed E-state index contributed by atoms with van der Waals surface area (Å²) in [6.45, 7) is 2.65. The van der Waals surface area contributed by atoms with Crippen molar-refractivity contribution in [1.82, 2.24) is 5.32 Å². The van der Waals surface area contributed by atoms with Crippen molar-refractivity contribution in [2.45, 2.75) is 19.4 Å². The van der Waals surface area contributed by atoms with Crippen LogP contribution in [0.1, 0.15) is 13.3 Å². The van der Waals surface area contributed by atoms with Crippen LogP contribution in [0.4, 0.5) is 0 Å². The lowest BCUT2D eigenvalue weighted by atomic mass is 10.2. The minimum Gasteiger partial charge on any atom is -0.497 e. The number of rotatable bonds is 9. The van der Waals surface area contributed by atoms with Crippen molar-refractivity contribution in [3.8, 4) is 17.2 Å². The minimum absolute atomic E-state index is 0.176. The van der Waals surface area contributed by atoms with Crippen LogP contribution in [0.15, 0.2) is 48.5 Å². The highest BCUT2D eigenvalue weighted by Crippen LogP contribution is 2.20. The molecule has 0 unspecified atom stereocenters. The van der Waals surface area contributed by atoms with E-state index in [0.717, 1.165) is 0 Å². The van der Waals surface area contributed by atoms with Gasteiger partial charge in [0.15, 0.2) is 6.10 Å². The fourth-order valence-electron chi connectivity index (χ4n) is 2.15. The van der Waals surface area contributed by atoms with Crippen molar-refractivity contribution in [2.75, 3.05) is 20.3 Å². The van der Waals surface area contributed by atoms with Gasteiger partial charge in [-0.1, -0.05) is 24.6 Å². The number of benzene rings is 2. The highest BCUT2D eigenvalue weighted by molar-refractivity contribution is 6.30. The lowest BCUT2D eigenvalue weighted by Gasteiger charge is -2.17. The number of hydrogen-bond donors (Lipinski definition) is 1. The molecule has 0 bridgehead atoms. The molecular formula is C19H22ClNO4. The minimum atomic E-state index is -0.567. The molecule has 0 aliphatic rings. The summed E-state index contributed by atoms with van der Waals surface area (Å²) in [7, 11) is 1.59. The molecule has 25 heavy (non-hydrogen) atoms. The number of nitrogens with one attached hydrogen (secondary N) is 1. The van der Waals surface area contributed by atoms with E-state index in [-0.39, 0.29) is 5.91 Å². The molecule has 0 fully saturated rings. The summed E-state index contributed by atoms with van der Waals surface area (Å²) in [4.78, 5) is 12.2. The Labute approximate surface area is 152 Å². The molecule has 2 aromatic carbocycles. The molecule has 134 valence electrons. The Balaban J connectivity index is 1.78. The van der Waals surface area contributed by atoms with Gasteiger partial charge >= 0.3 is 0 Å². The van der Waals surface area contributed by atoms with E-state index in [4.69, 9.17) is 25.8 Å². The fraction of sp³-hybridized carbons (Fsp3) is 0.316. The summed E-state index contributed by atoms with van der Waals surface area (Å²) in [6, 6.07) is 14.3. The number of carbonyl (C=O) groups is 1. The van der Waals surface area contributed by atoms with Gasteiger partial charge in [0.1, 0.15) is 23.9 Å². The second kappa shape index (κ2) is 9.79. The van der Waals surface area contributed by atoms with Crippen LogP contribution in [0.2, 0.25) is 5.02 Å². The third-order valence-corrected chi connectivity index (χ3v) is 3.72. The third kappa shape index (κ3) is 6.19. The molecule has 1 N–H and O–H groups in total. The van der Waals surface area contributed by atoms with Crippen molar-refractivity contribution in [2.24, 2.45) is 0 Å². The summed E-state index contributed by atoms with van der Waals surface area (Å²) < 4.78 is 16.4. The Hall–Kier alpha value is -2.40. The zero-order chi connectivity index (χ0) is 18.1. The second-order valence-corrected chi connectivity index (χ2v) is 5.72. The van der Waals surface area contributed by atoms with Crippen LogP contribution in [0.3, 0.4) is 0 Å². The van der Waals surface area contributed by atoms with Crippen LogP contribution >= 0.6 is 11.6 Å². The van der Waals surface area contributed by atoms with Crippen LogP contribution in [-0.4, -0.2) is 32.3 Å². The molecule has 2 aromatic rings. The second-order valence-electron chi connectivity index (χ2n) is 5.29. The zero-order valence-corrected chi connectivity index (χ0v) is 15.1. The Morgan fingerprint density at radius 3 is 2.52 bits per heavy atom. The van der Waals surface area contributed by atoms with Crippen molar-refractivity contribution >= 4 is 17.5 Å². The third-order valence-electron chi connectivity index (χ3n) is 3.47. The molecule has 1 atom stereocenters. The smallest absolute Gasteiger partial charge is 0.261 e. The number of hydrogen-bond acceptors (Lipinski definition) is 4.